The number of hydrogen-bond acceptors (Lipinski definition) is 3. The van der Waals surface area contributed by atoms with E-state index in [1.54, 1.807) is 0 Å². The number of phenols is 1. The highest BCUT2D eigenvalue weighted by atomic mass is 35.5. The van der Waals surface area contributed by atoms with Crippen LogP contribution in [0.3, 0.4) is 0 Å². The average Bonchev–Trinajstić information content (AvgIpc) is 2.18. The van der Waals surface area contributed by atoms with Crippen LogP contribution >= 0.6 is 12.4 Å². The molecule has 3 nitrogen and oxygen atoms in total. The largest absolute Gasteiger partial charge is 0.507 e. The van der Waals surface area contributed by atoms with Gasteiger partial charge in [-0.15, -0.1) is 12.4 Å². The van der Waals surface area contributed by atoms with Crippen LogP contribution in [-0.2, 0) is 0 Å². The van der Waals surface area contributed by atoms with E-state index in [9.17, 15) is 5.11 Å². The number of aliphatic hydroxyl groups is 1. The van der Waals surface area contributed by atoms with Crippen molar-refractivity contribution in [1.82, 2.24) is 0 Å². The number of rotatable bonds is 4. The van der Waals surface area contributed by atoms with Gasteiger partial charge in [0.1, 0.15) is 5.75 Å². The van der Waals surface area contributed by atoms with Crippen molar-refractivity contribution in [1.29, 1.82) is 0 Å². The fourth-order valence-corrected chi connectivity index (χ4v) is 1.45. The highest BCUT2D eigenvalue weighted by Gasteiger charge is 2.11. The standard InChI is InChI=1S/C11H17NO2.ClH/c1-8-4-2-5-9(11(8)14)10(12)6-3-7-13;/h2,4-5,10,13-14H,3,6-7,12H2,1H3;1H/t10-;/m1./s1. The molecule has 1 aromatic carbocycles. The van der Waals surface area contributed by atoms with Crippen molar-refractivity contribution in [3.05, 3.63) is 29.3 Å². The third-order valence-corrected chi connectivity index (χ3v) is 2.34. The van der Waals surface area contributed by atoms with E-state index in [1.807, 2.05) is 25.1 Å². The number of para-hydroxylation sites is 1. The lowest BCUT2D eigenvalue weighted by Gasteiger charge is -2.14. The van der Waals surface area contributed by atoms with Crippen molar-refractivity contribution in [3.63, 3.8) is 0 Å². The predicted molar refractivity (Wildman–Crippen MR) is 63.3 cm³/mol. The lowest BCUT2D eigenvalue weighted by atomic mass is 10.00. The van der Waals surface area contributed by atoms with Gasteiger partial charge in [0.15, 0.2) is 0 Å². The van der Waals surface area contributed by atoms with Crippen molar-refractivity contribution >= 4 is 12.4 Å². The lowest BCUT2D eigenvalue weighted by molar-refractivity contribution is 0.279. The summed E-state index contributed by atoms with van der Waals surface area (Å²) in [7, 11) is 0. The van der Waals surface area contributed by atoms with Crippen molar-refractivity contribution in [2.45, 2.75) is 25.8 Å². The fourth-order valence-electron chi connectivity index (χ4n) is 1.45. The third-order valence-electron chi connectivity index (χ3n) is 2.34. The Kier molecular flexibility index (Phi) is 6.32. The number of aryl methyl sites for hydroxylation is 1. The first-order valence-electron chi connectivity index (χ1n) is 4.81. The lowest BCUT2D eigenvalue weighted by Crippen LogP contribution is -2.11. The van der Waals surface area contributed by atoms with Gasteiger partial charge in [-0.05, 0) is 25.3 Å². The zero-order chi connectivity index (χ0) is 10.6. The van der Waals surface area contributed by atoms with Crippen LogP contribution in [0.1, 0.15) is 30.0 Å². The second kappa shape index (κ2) is 6.67. The van der Waals surface area contributed by atoms with E-state index >= 15 is 0 Å². The summed E-state index contributed by atoms with van der Waals surface area (Å²) in [5, 5.41) is 18.4. The Labute approximate surface area is 96.3 Å². The quantitative estimate of drug-likeness (QED) is 0.742. The molecule has 0 aliphatic rings. The number of aliphatic hydroxyl groups excluding tert-OH is 1. The van der Waals surface area contributed by atoms with Gasteiger partial charge in [-0.1, -0.05) is 18.2 Å². The van der Waals surface area contributed by atoms with Gasteiger partial charge in [0.05, 0.1) is 0 Å². The molecule has 0 heterocycles. The Morgan fingerprint density at radius 1 is 1.40 bits per heavy atom. The summed E-state index contributed by atoms with van der Waals surface area (Å²) < 4.78 is 0. The molecule has 0 aromatic heterocycles. The molecule has 15 heavy (non-hydrogen) atoms. The molecule has 1 rings (SSSR count). The van der Waals surface area contributed by atoms with Crippen LogP contribution < -0.4 is 5.73 Å². The molecular weight excluding hydrogens is 214 g/mol. The maximum atomic E-state index is 9.72. The summed E-state index contributed by atoms with van der Waals surface area (Å²) in [6, 6.07) is 5.35. The zero-order valence-corrected chi connectivity index (χ0v) is 9.63. The van der Waals surface area contributed by atoms with E-state index < -0.39 is 0 Å². The summed E-state index contributed by atoms with van der Waals surface area (Å²) in [5.41, 5.74) is 7.48. The van der Waals surface area contributed by atoms with Crippen molar-refractivity contribution < 1.29 is 10.2 Å². The third kappa shape index (κ3) is 3.70. The van der Waals surface area contributed by atoms with E-state index in [4.69, 9.17) is 10.8 Å². The van der Waals surface area contributed by atoms with Gasteiger partial charge in [-0.25, -0.2) is 0 Å². The smallest absolute Gasteiger partial charge is 0.123 e. The van der Waals surface area contributed by atoms with Gasteiger partial charge in [-0.2, -0.15) is 0 Å². The molecule has 4 heteroatoms. The molecule has 4 N–H and O–H groups in total. The highest BCUT2D eigenvalue weighted by Crippen LogP contribution is 2.28. The van der Waals surface area contributed by atoms with Gasteiger partial charge in [0.2, 0.25) is 0 Å². The molecule has 0 aliphatic carbocycles. The van der Waals surface area contributed by atoms with Gasteiger partial charge in [0, 0.05) is 18.2 Å². The van der Waals surface area contributed by atoms with E-state index in [0.717, 1.165) is 11.1 Å². The molecule has 86 valence electrons. The second-order valence-corrected chi connectivity index (χ2v) is 3.49. The molecule has 0 fully saturated rings. The van der Waals surface area contributed by atoms with E-state index in [2.05, 4.69) is 0 Å². The number of aromatic hydroxyl groups is 1. The van der Waals surface area contributed by atoms with Crippen LogP contribution in [0.4, 0.5) is 0 Å². The van der Waals surface area contributed by atoms with Crippen LogP contribution in [0.15, 0.2) is 18.2 Å². The van der Waals surface area contributed by atoms with Crippen LogP contribution in [0.2, 0.25) is 0 Å². The molecule has 0 aliphatic heterocycles. The minimum absolute atomic E-state index is 0. The Hall–Kier alpha value is -0.770. The summed E-state index contributed by atoms with van der Waals surface area (Å²) >= 11 is 0. The maximum absolute atomic E-state index is 9.72. The first kappa shape index (κ1) is 14.2. The Bertz CT molecular complexity index is 305. The fraction of sp³-hybridized carbons (Fsp3) is 0.455. The van der Waals surface area contributed by atoms with Gasteiger partial charge in [-0.3, -0.25) is 0 Å². The predicted octanol–water partition coefficient (Wildman–Crippen LogP) is 1.89. The average molecular weight is 232 g/mol. The number of phenolic OH excluding ortho intramolecular Hbond substituents is 1. The number of nitrogens with two attached hydrogens (primary N) is 1. The van der Waals surface area contributed by atoms with Crippen LogP contribution in [0.5, 0.6) is 5.75 Å². The van der Waals surface area contributed by atoms with Crippen LogP contribution in [0.25, 0.3) is 0 Å². The highest BCUT2D eigenvalue weighted by molar-refractivity contribution is 5.85. The Morgan fingerprint density at radius 2 is 2.07 bits per heavy atom. The van der Waals surface area contributed by atoms with Crippen LogP contribution in [-0.4, -0.2) is 16.8 Å². The SMILES string of the molecule is Cc1cccc([C@H](N)CCCO)c1O.Cl. The van der Waals surface area contributed by atoms with E-state index in [1.165, 1.54) is 0 Å². The number of benzene rings is 1. The van der Waals surface area contributed by atoms with Gasteiger partial charge in [0.25, 0.3) is 0 Å². The summed E-state index contributed by atoms with van der Waals surface area (Å²) in [6.07, 6.45) is 1.35. The molecule has 0 saturated heterocycles. The molecule has 1 aromatic rings. The van der Waals surface area contributed by atoms with E-state index in [-0.39, 0.29) is 30.8 Å². The van der Waals surface area contributed by atoms with Crippen molar-refractivity contribution in [2.75, 3.05) is 6.61 Å². The molecule has 0 radical (unpaired) electrons. The van der Waals surface area contributed by atoms with Crippen molar-refractivity contribution in [3.8, 4) is 5.75 Å². The molecule has 0 spiro atoms. The van der Waals surface area contributed by atoms with Gasteiger partial charge >= 0.3 is 0 Å². The molecule has 0 unspecified atom stereocenters. The normalized spacial score (nSPS) is 11.9. The molecule has 1 atom stereocenters. The minimum atomic E-state index is -0.193. The maximum Gasteiger partial charge on any atom is 0.123 e. The second-order valence-electron chi connectivity index (χ2n) is 3.49. The first-order valence-corrected chi connectivity index (χ1v) is 4.81. The monoisotopic (exact) mass is 231 g/mol. The topological polar surface area (TPSA) is 66.5 Å². The molecule has 0 amide bonds. The summed E-state index contributed by atoms with van der Waals surface area (Å²) in [5.74, 6) is 0.276. The number of halogens is 1. The van der Waals surface area contributed by atoms with Crippen LogP contribution in [0, 0.1) is 6.92 Å². The molecule has 0 saturated carbocycles. The zero-order valence-electron chi connectivity index (χ0n) is 8.81. The summed E-state index contributed by atoms with van der Waals surface area (Å²) in [6.45, 7) is 1.98. The first-order chi connectivity index (χ1) is 6.66. The summed E-state index contributed by atoms with van der Waals surface area (Å²) in [4.78, 5) is 0. The van der Waals surface area contributed by atoms with Gasteiger partial charge < -0.3 is 15.9 Å². The Morgan fingerprint density at radius 3 is 2.67 bits per heavy atom. The molecule has 0 bridgehead atoms. The number of hydrogen-bond donors (Lipinski definition) is 3. The van der Waals surface area contributed by atoms with E-state index in [0.29, 0.717) is 12.8 Å². The Balaban J connectivity index is 0.00000196. The minimum Gasteiger partial charge on any atom is -0.507 e. The van der Waals surface area contributed by atoms with Crippen molar-refractivity contribution in [2.24, 2.45) is 5.73 Å². The molecular formula is C11H18ClNO2.